The van der Waals surface area contributed by atoms with Crippen LogP contribution in [0.4, 0.5) is 0 Å². The molecule has 2 aromatic carbocycles. The number of carbonyl (C=O) groups excluding carboxylic acids is 1. The lowest BCUT2D eigenvalue weighted by Crippen LogP contribution is -2.22. The van der Waals surface area contributed by atoms with Crippen molar-refractivity contribution in [2.24, 2.45) is 0 Å². The van der Waals surface area contributed by atoms with Gasteiger partial charge in [0, 0.05) is 6.07 Å². The molecule has 0 saturated heterocycles. The molecule has 1 unspecified atom stereocenters. The van der Waals surface area contributed by atoms with E-state index >= 15 is 0 Å². The summed E-state index contributed by atoms with van der Waals surface area (Å²) in [4.78, 5) is 12.1. The summed E-state index contributed by atoms with van der Waals surface area (Å²) in [6.07, 6.45) is 0. The minimum Gasteiger partial charge on any atom is -0.497 e. The largest absolute Gasteiger partial charge is 0.497 e. The van der Waals surface area contributed by atoms with Crippen molar-refractivity contribution >= 4 is 5.97 Å². The van der Waals surface area contributed by atoms with Gasteiger partial charge in [0.25, 0.3) is 0 Å². The highest BCUT2D eigenvalue weighted by molar-refractivity contribution is 5.78. The molecule has 0 fully saturated rings. The van der Waals surface area contributed by atoms with Crippen molar-refractivity contribution in [2.75, 3.05) is 20.8 Å². The predicted molar refractivity (Wildman–Crippen MR) is 84.4 cm³/mol. The van der Waals surface area contributed by atoms with E-state index in [1.807, 2.05) is 49.4 Å². The Morgan fingerprint density at radius 1 is 1.05 bits per heavy atom. The molecule has 1 atom stereocenters. The van der Waals surface area contributed by atoms with Crippen LogP contribution >= 0.6 is 0 Å². The number of carbonyl (C=O) groups is 1. The number of esters is 1. The summed E-state index contributed by atoms with van der Waals surface area (Å²) in [5.74, 6) is 0.597. The lowest BCUT2D eigenvalue weighted by Gasteiger charge is -2.18. The Labute approximate surface area is 130 Å². The normalized spacial score (nSPS) is 11.6. The molecule has 4 heteroatoms. The van der Waals surface area contributed by atoms with Crippen molar-refractivity contribution < 1.29 is 19.0 Å². The van der Waals surface area contributed by atoms with Gasteiger partial charge < -0.3 is 14.2 Å². The van der Waals surface area contributed by atoms with Gasteiger partial charge in [-0.2, -0.15) is 0 Å². The van der Waals surface area contributed by atoms with Gasteiger partial charge in [-0.15, -0.1) is 0 Å². The zero-order valence-corrected chi connectivity index (χ0v) is 13.0. The average Bonchev–Trinajstić information content (AvgIpc) is 2.56. The Morgan fingerprint density at radius 3 is 2.45 bits per heavy atom. The van der Waals surface area contributed by atoms with Gasteiger partial charge in [-0.1, -0.05) is 30.3 Å². The van der Waals surface area contributed by atoms with Gasteiger partial charge in [-0.25, -0.2) is 0 Å². The van der Waals surface area contributed by atoms with Crippen LogP contribution in [0.15, 0.2) is 48.5 Å². The molecule has 0 aliphatic rings. The molecular formula is C18H20O4. The Bertz CT molecular complexity index is 636. The first-order chi connectivity index (χ1) is 10.7. The van der Waals surface area contributed by atoms with Gasteiger partial charge in [-0.3, -0.25) is 4.79 Å². The fourth-order valence-corrected chi connectivity index (χ4v) is 2.28. The highest BCUT2D eigenvalue weighted by Gasteiger charge is 2.23. The van der Waals surface area contributed by atoms with Gasteiger partial charge in [0.05, 0.1) is 14.2 Å². The summed E-state index contributed by atoms with van der Waals surface area (Å²) in [6.45, 7) is 2.18. The van der Waals surface area contributed by atoms with Crippen molar-refractivity contribution in [1.29, 1.82) is 0 Å². The van der Waals surface area contributed by atoms with Crippen molar-refractivity contribution in [3.8, 4) is 11.5 Å². The molecule has 4 nitrogen and oxygen atoms in total. The molecular weight excluding hydrogens is 280 g/mol. The molecule has 22 heavy (non-hydrogen) atoms. The van der Waals surface area contributed by atoms with Gasteiger partial charge in [0.2, 0.25) is 0 Å². The van der Waals surface area contributed by atoms with E-state index in [-0.39, 0.29) is 12.6 Å². The monoisotopic (exact) mass is 300 g/mol. The van der Waals surface area contributed by atoms with Gasteiger partial charge in [0.15, 0.2) is 0 Å². The van der Waals surface area contributed by atoms with Crippen LogP contribution in [0.1, 0.15) is 17.0 Å². The maximum atomic E-state index is 12.1. The predicted octanol–water partition coefficient (Wildman–Crippen LogP) is 3.34. The van der Waals surface area contributed by atoms with Crippen LogP contribution in [-0.2, 0) is 9.53 Å². The lowest BCUT2D eigenvalue weighted by molar-refractivity contribution is -0.143. The number of methoxy groups -OCH3 is 2. The molecule has 0 N–H and O–H groups in total. The third-order valence-corrected chi connectivity index (χ3v) is 3.51. The molecule has 0 aliphatic carbocycles. The van der Waals surface area contributed by atoms with E-state index in [0.29, 0.717) is 11.5 Å². The fourth-order valence-electron chi connectivity index (χ4n) is 2.28. The zero-order valence-electron chi connectivity index (χ0n) is 13.0. The molecule has 0 saturated carbocycles. The SMILES string of the molecule is COC(=O)C(COc1cccc(OC)c1)c1ccccc1C. The van der Waals surface area contributed by atoms with Crippen LogP contribution in [0.3, 0.4) is 0 Å². The van der Waals surface area contributed by atoms with E-state index in [1.165, 1.54) is 7.11 Å². The van der Waals surface area contributed by atoms with E-state index in [4.69, 9.17) is 14.2 Å². The topological polar surface area (TPSA) is 44.8 Å². The summed E-state index contributed by atoms with van der Waals surface area (Å²) in [6, 6.07) is 15.0. The van der Waals surface area contributed by atoms with Crippen molar-refractivity contribution in [3.63, 3.8) is 0 Å². The molecule has 0 aliphatic heterocycles. The second-order valence-corrected chi connectivity index (χ2v) is 4.92. The lowest BCUT2D eigenvalue weighted by atomic mass is 9.95. The summed E-state index contributed by atoms with van der Waals surface area (Å²) in [5, 5.41) is 0. The highest BCUT2D eigenvalue weighted by Crippen LogP contribution is 2.24. The number of benzene rings is 2. The standard InChI is InChI=1S/C18H20O4/c1-13-7-4-5-10-16(13)17(18(19)21-3)12-22-15-9-6-8-14(11-15)20-2/h4-11,17H,12H2,1-3H3. The first-order valence-electron chi connectivity index (χ1n) is 7.06. The molecule has 116 valence electrons. The third-order valence-electron chi connectivity index (χ3n) is 3.51. The molecule has 2 rings (SSSR count). The Balaban J connectivity index is 2.17. The maximum Gasteiger partial charge on any atom is 0.316 e. The first-order valence-corrected chi connectivity index (χ1v) is 7.06. The first kappa shape index (κ1) is 15.9. The smallest absolute Gasteiger partial charge is 0.316 e. The van der Waals surface area contributed by atoms with Gasteiger partial charge >= 0.3 is 5.97 Å². The molecule has 0 amide bonds. The summed E-state index contributed by atoms with van der Waals surface area (Å²) < 4.78 is 15.8. The van der Waals surface area contributed by atoms with Crippen LogP contribution in [0.5, 0.6) is 11.5 Å². The fraction of sp³-hybridized carbons (Fsp3) is 0.278. The summed E-state index contributed by atoms with van der Waals surface area (Å²) >= 11 is 0. The van der Waals surface area contributed by atoms with E-state index in [1.54, 1.807) is 13.2 Å². The van der Waals surface area contributed by atoms with Crippen LogP contribution in [0.25, 0.3) is 0 Å². The molecule has 0 heterocycles. The number of hydrogen-bond acceptors (Lipinski definition) is 4. The molecule has 0 spiro atoms. The summed E-state index contributed by atoms with van der Waals surface area (Å²) in [7, 11) is 2.99. The number of aryl methyl sites for hydroxylation is 1. The second kappa shape index (κ2) is 7.50. The minimum absolute atomic E-state index is 0.213. The van der Waals surface area contributed by atoms with E-state index in [2.05, 4.69) is 0 Å². The van der Waals surface area contributed by atoms with E-state index in [9.17, 15) is 4.79 Å². The van der Waals surface area contributed by atoms with Crippen LogP contribution in [-0.4, -0.2) is 26.8 Å². The van der Waals surface area contributed by atoms with Crippen molar-refractivity contribution in [3.05, 3.63) is 59.7 Å². The van der Waals surface area contributed by atoms with E-state index < -0.39 is 5.92 Å². The van der Waals surface area contributed by atoms with Crippen molar-refractivity contribution in [1.82, 2.24) is 0 Å². The second-order valence-electron chi connectivity index (χ2n) is 4.92. The zero-order chi connectivity index (χ0) is 15.9. The van der Waals surface area contributed by atoms with Crippen molar-refractivity contribution in [2.45, 2.75) is 12.8 Å². The quantitative estimate of drug-likeness (QED) is 0.768. The van der Waals surface area contributed by atoms with Gasteiger partial charge in [0.1, 0.15) is 24.0 Å². The van der Waals surface area contributed by atoms with Crippen LogP contribution in [0.2, 0.25) is 0 Å². The highest BCUT2D eigenvalue weighted by atomic mass is 16.5. The Kier molecular flexibility index (Phi) is 5.42. The van der Waals surface area contributed by atoms with Crippen LogP contribution in [0, 0.1) is 6.92 Å². The average molecular weight is 300 g/mol. The van der Waals surface area contributed by atoms with Gasteiger partial charge in [-0.05, 0) is 30.2 Å². The Morgan fingerprint density at radius 2 is 1.77 bits per heavy atom. The number of rotatable bonds is 6. The number of hydrogen-bond donors (Lipinski definition) is 0. The minimum atomic E-state index is -0.461. The van der Waals surface area contributed by atoms with Crippen LogP contribution < -0.4 is 9.47 Å². The molecule has 0 aromatic heterocycles. The maximum absolute atomic E-state index is 12.1. The summed E-state index contributed by atoms with van der Waals surface area (Å²) in [5.41, 5.74) is 1.95. The Hall–Kier alpha value is -2.49. The van der Waals surface area contributed by atoms with E-state index in [0.717, 1.165) is 11.1 Å². The molecule has 2 aromatic rings. The molecule has 0 bridgehead atoms. The third kappa shape index (κ3) is 3.79. The molecule has 0 radical (unpaired) electrons. The number of ether oxygens (including phenoxy) is 3.